The monoisotopic (exact) mass is 714 g/mol. The number of carbonyl (C=O) groups excluding carboxylic acids is 3. The molecule has 0 spiro atoms. The molecule has 3 heterocycles. The van der Waals surface area contributed by atoms with E-state index in [4.69, 9.17) is 10.5 Å². The van der Waals surface area contributed by atoms with Gasteiger partial charge in [0.25, 0.3) is 5.91 Å². The summed E-state index contributed by atoms with van der Waals surface area (Å²) < 4.78 is 91.8. The molecule has 1 aliphatic heterocycles. The molecule has 1 aliphatic carbocycles. The molecule has 0 bridgehead atoms. The maximum absolute atomic E-state index is 14.4. The van der Waals surface area contributed by atoms with E-state index in [1.165, 1.54) is 23.2 Å². The van der Waals surface area contributed by atoms with E-state index in [9.17, 15) is 40.7 Å². The van der Waals surface area contributed by atoms with E-state index in [0.717, 1.165) is 22.9 Å². The highest BCUT2D eigenvalue weighted by atomic mass is 19.4. The minimum absolute atomic E-state index is 0.00741. The van der Waals surface area contributed by atoms with Gasteiger partial charge < -0.3 is 20.7 Å². The van der Waals surface area contributed by atoms with Crippen molar-refractivity contribution in [3.63, 3.8) is 0 Å². The van der Waals surface area contributed by atoms with Crippen LogP contribution in [0, 0.1) is 17.5 Å². The smallest absolute Gasteiger partial charge is 0.435 e. The summed E-state index contributed by atoms with van der Waals surface area (Å²) >= 11 is 0. The van der Waals surface area contributed by atoms with Crippen LogP contribution in [0.4, 0.5) is 31.1 Å². The second kappa shape index (κ2) is 12.7. The molecule has 1 saturated carbocycles. The van der Waals surface area contributed by atoms with Crippen molar-refractivity contribution in [1.29, 1.82) is 0 Å². The number of nitrogens with two attached hydrogens (primary N) is 1. The summed E-state index contributed by atoms with van der Waals surface area (Å²) in [4.78, 5) is 44.4. The zero-order chi connectivity index (χ0) is 37.0. The number of hydrogen-bond acceptors (Lipinski definition) is 6. The molecule has 1 fully saturated rings. The van der Waals surface area contributed by atoms with Crippen molar-refractivity contribution < 1.29 is 45.5 Å². The van der Waals surface area contributed by atoms with Crippen LogP contribution in [0.5, 0.6) is 0 Å². The summed E-state index contributed by atoms with van der Waals surface area (Å²) in [5.74, 6) is -5.24. The number of hydrogen-bond donors (Lipinski definition) is 2. The third-order valence-corrected chi connectivity index (χ3v) is 8.74. The van der Waals surface area contributed by atoms with E-state index in [1.807, 2.05) is 0 Å². The van der Waals surface area contributed by atoms with Crippen molar-refractivity contribution >= 4 is 17.9 Å². The van der Waals surface area contributed by atoms with Crippen LogP contribution < -0.4 is 11.1 Å². The Labute approximate surface area is 287 Å². The summed E-state index contributed by atoms with van der Waals surface area (Å²) in [7, 11) is 0. The van der Waals surface area contributed by atoms with Crippen LogP contribution in [0.1, 0.15) is 71.7 Å². The molecule has 2 atom stereocenters. The van der Waals surface area contributed by atoms with E-state index in [-0.39, 0.29) is 54.0 Å². The SMILES string of the molecule is CC(C)(C)OC(=O)N1CCc2c(C(F)(F)F)nn(CC(=O)NC3(c4ncccc4-c4ccc(F)c(C(N)=O)c4)CC3c3cc(F)cc(F)c3)c2C1. The Morgan fingerprint density at radius 3 is 2.39 bits per heavy atom. The highest BCUT2D eigenvalue weighted by molar-refractivity contribution is 5.94. The van der Waals surface area contributed by atoms with Crippen LogP contribution in [-0.4, -0.2) is 49.7 Å². The van der Waals surface area contributed by atoms with Crippen LogP contribution >= 0.6 is 0 Å². The largest absolute Gasteiger partial charge is 0.444 e. The number of alkyl halides is 3. The minimum Gasteiger partial charge on any atom is -0.444 e. The molecule has 2 unspecified atom stereocenters. The van der Waals surface area contributed by atoms with Gasteiger partial charge in [0.15, 0.2) is 5.69 Å². The van der Waals surface area contributed by atoms with Gasteiger partial charge in [-0.05, 0) is 75.1 Å². The van der Waals surface area contributed by atoms with Crippen molar-refractivity contribution in [1.82, 2.24) is 25.0 Å². The lowest BCUT2D eigenvalue weighted by molar-refractivity contribution is -0.142. The lowest BCUT2D eigenvalue weighted by Gasteiger charge is -2.30. The van der Waals surface area contributed by atoms with Crippen molar-refractivity contribution in [2.75, 3.05) is 6.54 Å². The number of amides is 3. The lowest BCUT2D eigenvalue weighted by atomic mass is 9.94. The van der Waals surface area contributed by atoms with Crippen molar-refractivity contribution in [3.05, 3.63) is 106 Å². The van der Waals surface area contributed by atoms with Gasteiger partial charge in [-0.15, -0.1) is 0 Å². The van der Waals surface area contributed by atoms with Crippen LogP contribution in [-0.2, 0) is 40.8 Å². The third kappa shape index (κ3) is 7.12. The Bertz CT molecular complexity index is 2040. The average Bonchev–Trinajstić information content (AvgIpc) is 3.64. The second-order valence-electron chi connectivity index (χ2n) is 13.5. The lowest BCUT2D eigenvalue weighted by Crippen LogP contribution is -2.42. The zero-order valence-corrected chi connectivity index (χ0v) is 27.6. The number of nitrogens with zero attached hydrogens (tertiary/aromatic N) is 4. The van der Waals surface area contributed by atoms with Crippen molar-refractivity contribution in [3.8, 4) is 11.1 Å². The Kier molecular flexibility index (Phi) is 8.84. The maximum Gasteiger partial charge on any atom is 0.435 e. The predicted molar refractivity (Wildman–Crippen MR) is 169 cm³/mol. The van der Waals surface area contributed by atoms with E-state index in [1.54, 1.807) is 32.9 Å². The van der Waals surface area contributed by atoms with E-state index >= 15 is 0 Å². The number of nitrogens with one attached hydrogen (secondary N) is 1. The molecular weight excluding hydrogens is 682 g/mol. The summed E-state index contributed by atoms with van der Waals surface area (Å²) in [6.07, 6.45) is -4.33. The molecule has 2 aromatic heterocycles. The Balaban J connectivity index is 1.38. The van der Waals surface area contributed by atoms with Gasteiger partial charge in [0, 0.05) is 35.9 Å². The molecule has 4 aromatic rings. The average molecular weight is 715 g/mol. The second-order valence-corrected chi connectivity index (χ2v) is 13.5. The molecule has 3 amide bonds. The highest BCUT2D eigenvalue weighted by Gasteiger charge is 2.59. The summed E-state index contributed by atoms with van der Waals surface area (Å²) in [5.41, 5.74) is 2.24. The Hall–Kier alpha value is -5.41. The number of carbonyl (C=O) groups is 3. The summed E-state index contributed by atoms with van der Waals surface area (Å²) in [6.45, 7) is 3.84. The number of fused-ring (bicyclic) bond motifs is 1. The first-order valence-electron chi connectivity index (χ1n) is 15.8. The molecule has 6 rings (SSSR count). The van der Waals surface area contributed by atoms with E-state index in [0.29, 0.717) is 11.6 Å². The van der Waals surface area contributed by atoms with E-state index in [2.05, 4.69) is 15.4 Å². The fourth-order valence-electron chi connectivity index (χ4n) is 6.52. The van der Waals surface area contributed by atoms with Crippen LogP contribution in [0.3, 0.4) is 0 Å². The van der Waals surface area contributed by atoms with Crippen molar-refractivity contribution in [2.45, 2.75) is 69.9 Å². The van der Waals surface area contributed by atoms with Crippen LogP contribution in [0.15, 0.2) is 54.7 Å². The van der Waals surface area contributed by atoms with Gasteiger partial charge in [0.05, 0.1) is 29.0 Å². The molecular formula is C35H32F6N6O4. The third-order valence-electron chi connectivity index (χ3n) is 8.74. The minimum atomic E-state index is -4.86. The molecule has 2 aromatic carbocycles. The number of ether oxygens (including phenoxy) is 1. The van der Waals surface area contributed by atoms with Gasteiger partial charge in [-0.2, -0.15) is 18.3 Å². The number of halogens is 6. The first-order chi connectivity index (χ1) is 23.9. The molecule has 51 heavy (non-hydrogen) atoms. The van der Waals surface area contributed by atoms with Crippen LogP contribution in [0.2, 0.25) is 0 Å². The van der Waals surface area contributed by atoms with Crippen molar-refractivity contribution in [2.24, 2.45) is 5.73 Å². The molecule has 0 radical (unpaired) electrons. The van der Waals surface area contributed by atoms with Gasteiger partial charge >= 0.3 is 12.3 Å². The van der Waals surface area contributed by atoms with Gasteiger partial charge in [0.2, 0.25) is 5.91 Å². The maximum atomic E-state index is 14.4. The van der Waals surface area contributed by atoms with E-state index < -0.39 is 76.4 Å². The predicted octanol–water partition coefficient (Wildman–Crippen LogP) is 5.97. The highest BCUT2D eigenvalue weighted by Crippen LogP contribution is 2.59. The summed E-state index contributed by atoms with van der Waals surface area (Å²) in [5, 5.41) is 6.59. The topological polar surface area (TPSA) is 132 Å². The molecule has 0 saturated heterocycles. The number of pyridine rings is 1. The van der Waals surface area contributed by atoms with Gasteiger partial charge in [0.1, 0.15) is 29.6 Å². The first-order valence-corrected chi connectivity index (χ1v) is 15.8. The Morgan fingerprint density at radius 2 is 1.75 bits per heavy atom. The number of primary amides is 1. The van der Waals surface area contributed by atoms with Gasteiger partial charge in [-0.1, -0.05) is 12.1 Å². The fourth-order valence-corrected chi connectivity index (χ4v) is 6.52. The Morgan fingerprint density at radius 1 is 1.04 bits per heavy atom. The number of rotatable bonds is 7. The number of benzene rings is 2. The molecule has 268 valence electrons. The zero-order valence-electron chi connectivity index (χ0n) is 27.6. The number of aromatic nitrogens is 3. The standard InChI is InChI=1S/C35H32F6N6O4/c1-33(2,3)51-32(50)46-10-8-23-27(16-46)47(45-30(23)35(39,40)41)17-28(48)44-34(15-25(34)19-11-20(36)14-21(37)12-19)29-22(5-4-9-43-29)18-6-7-26(38)24(13-18)31(42)49/h4-7,9,11-14,25H,8,10,15-17H2,1-3H3,(H2,42,49)(H,44,48). The summed E-state index contributed by atoms with van der Waals surface area (Å²) in [6, 6.07) is 9.61. The van der Waals surface area contributed by atoms with Gasteiger partial charge in [-0.3, -0.25) is 19.3 Å². The first kappa shape index (κ1) is 35.4. The molecule has 10 nitrogen and oxygen atoms in total. The fraction of sp³-hybridized carbons (Fsp3) is 0.343. The quantitative estimate of drug-likeness (QED) is 0.227. The molecule has 2 aliphatic rings. The molecule has 16 heteroatoms. The van der Waals surface area contributed by atoms with Gasteiger partial charge in [-0.25, -0.2) is 18.0 Å². The normalized spacial score (nSPS) is 18.6. The molecule has 3 N–H and O–H groups in total. The van der Waals surface area contributed by atoms with Crippen LogP contribution in [0.25, 0.3) is 11.1 Å².